The zero-order chi connectivity index (χ0) is 12.5. The van der Waals surface area contributed by atoms with Gasteiger partial charge in [0.05, 0.1) is 19.6 Å². The predicted molar refractivity (Wildman–Crippen MR) is 58.9 cm³/mol. The predicted octanol–water partition coefficient (Wildman–Crippen LogP) is -0.262. The molecule has 17 heavy (non-hydrogen) atoms. The molecule has 1 N–H and O–H groups in total. The fourth-order valence-electron chi connectivity index (χ4n) is 1.19. The number of carbonyl (C=O) groups is 2. The number of hydrogen-bond acceptors (Lipinski definition) is 5. The lowest BCUT2D eigenvalue weighted by atomic mass is 10.3. The van der Waals surface area contributed by atoms with E-state index in [0.29, 0.717) is 26.1 Å². The number of nitrogens with zero attached hydrogens (tertiary/aromatic N) is 3. The molecule has 0 saturated heterocycles. The van der Waals surface area contributed by atoms with Crippen molar-refractivity contribution in [3.8, 4) is 0 Å². The Labute approximate surface area is 99.2 Å². The zero-order valence-corrected chi connectivity index (χ0v) is 9.76. The molecule has 0 atom stereocenters. The number of aryl methyl sites for hydroxylation is 1. The van der Waals surface area contributed by atoms with Gasteiger partial charge in [-0.05, 0) is 6.92 Å². The highest BCUT2D eigenvalue weighted by molar-refractivity contribution is 5.76. The van der Waals surface area contributed by atoms with Crippen molar-refractivity contribution >= 4 is 11.9 Å². The number of rotatable bonds is 7. The summed E-state index contributed by atoms with van der Waals surface area (Å²) in [6, 6.07) is 0. The normalized spacial score (nSPS) is 9.94. The average Bonchev–Trinajstić information content (AvgIpc) is 2.79. The second-order valence-corrected chi connectivity index (χ2v) is 3.31. The number of nitrogens with one attached hydrogen (secondary N) is 1. The van der Waals surface area contributed by atoms with Gasteiger partial charge in [-0.1, -0.05) is 0 Å². The van der Waals surface area contributed by atoms with Gasteiger partial charge in [0.1, 0.15) is 12.7 Å². The summed E-state index contributed by atoms with van der Waals surface area (Å²) in [5.41, 5.74) is 0. The van der Waals surface area contributed by atoms with E-state index in [0.717, 1.165) is 0 Å². The largest absolute Gasteiger partial charge is 0.466 e. The van der Waals surface area contributed by atoms with Gasteiger partial charge in [-0.2, -0.15) is 5.10 Å². The highest BCUT2D eigenvalue weighted by Gasteiger charge is 2.04. The molecule has 0 aliphatic heterocycles. The van der Waals surface area contributed by atoms with Crippen LogP contribution in [0.2, 0.25) is 0 Å². The highest BCUT2D eigenvalue weighted by atomic mass is 16.5. The Morgan fingerprint density at radius 2 is 2.24 bits per heavy atom. The first-order valence-electron chi connectivity index (χ1n) is 5.47. The second-order valence-electron chi connectivity index (χ2n) is 3.31. The smallest absolute Gasteiger partial charge is 0.307 e. The summed E-state index contributed by atoms with van der Waals surface area (Å²) < 4.78 is 6.30. The molecule has 7 heteroatoms. The fraction of sp³-hybridized carbons (Fsp3) is 0.600. The zero-order valence-electron chi connectivity index (χ0n) is 9.76. The summed E-state index contributed by atoms with van der Waals surface area (Å²) in [5.74, 6) is -0.422. The molecular weight excluding hydrogens is 224 g/mol. The van der Waals surface area contributed by atoms with Crippen LogP contribution in [0.5, 0.6) is 0 Å². The summed E-state index contributed by atoms with van der Waals surface area (Å²) >= 11 is 0. The highest BCUT2D eigenvalue weighted by Crippen LogP contribution is 1.89. The molecule has 0 spiro atoms. The number of carbonyl (C=O) groups excluding carboxylic acids is 2. The van der Waals surface area contributed by atoms with Gasteiger partial charge in [-0.3, -0.25) is 14.3 Å². The minimum absolute atomic E-state index is 0.121. The van der Waals surface area contributed by atoms with Crippen molar-refractivity contribution in [1.29, 1.82) is 0 Å². The lowest BCUT2D eigenvalue weighted by Gasteiger charge is -2.04. The summed E-state index contributed by atoms with van der Waals surface area (Å²) in [7, 11) is 0. The molecule has 0 aromatic carbocycles. The third-order valence-electron chi connectivity index (χ3n) is 1.99. The number of amides is 1. The van der Waals surface area contributed by atoms with Crippen LogP contribution in [0.4, 0.5) is 0 Å². The van der Waals surface area contributed by atoms with Crippen molar-refractivity contribution in [2.45, 2.75) is 26.3 Å². The number of ether oxygens (including phenoxy) is 1. The van der Waals surface area contributed by atoms with Crippen molar-refractivity contribution in [2.24, 2.45) is 0 Å². The first kappa shape index (κ1) is 13.1. The van der Waals surface area contributed by atoms with E-state index in [2.05, 4.69) is 15.4 Å². The summed E-state index contributed by atoms with van der Waals surface area (Å²) in [6.45, 7) is 2.88. The lowest BCUT2D eigenvalue weighted by Crippen LogP contribution is -2.27. The first-order valence-corrected chi connectivity index (χ1v) is 5.47. The summed E-state index contributed by atoms with van der Waals surface area (Å²) in [4.78, 5) is 26.1. The summed E-state index contributed by atoms with van der Waals surface area (Å²) in [6.07, 6.45) is 3.47. The molecule has 1 amide bonds. The van der Waals surface area contributed by atoms with Crippen LogP contribution in [0.25, 0.3) is 0 Å². The SMILES string of the molecule is CCOC(=O)CCNC(=O)CCn1cncn1. The average molecular weight is 240 g/mol. The molecule has 94 valence electrons. The van der Waals surface area contributed by atoms with E-state index < -0.39 is 0 Å². The van der Waals surface area contributed by atoms with Gasteiger partial charge in [0.15, 0.2) is 0 Å². The second kappa shape index (κ2) is 7.37. The van der Waals surface area contributed by atoms with Gasteiger partial charge in [0, 0.05) is 13.0 Å². The standard InChI is InChI=1S/C10H16N4O3/c1-2-17-10(16)3-5-12-9(15)4-6-14-8-11-7-13-14/h7-8H,2-6H2,1H3,(H,12,15). The molecule has 0 bridgehead atoms. The molecule has 0 radical (unpaired) electrons. The first-order chi connectivity index (χ1) is 8.22. The Balaban J connectivity index is 2.07. The molecule has 0 aliphatic rings. The minimum Gasteiger partial charge on any atom is -0.466 e. The van der Waals surface area contributed by atoms with Crippen LogP contribution in [0.3, 0.4) is 0 Å². The number of aromatic nitrogens is 3. The van der Waals surface area contributed by atoms with Gasteiger partial charge in [0.2, 0.25) is 5.91 Å². The van der Waals surface area contributed by atoms with Crippen LogP contribution in [0.15, 0.2) is 12.7 Å². The van der Waals surface area contributed by atoms with Crippen LogP contribution < -0.4 is 5.32 Å². The van der Waals surface area contributed by atoms with Crippen molar-refractivity contribution in [2.75, 3.05) is 13.2 Å². The van der Waals surface area contributed by atoms with Gasteiger partial charge < -0.3 is 10.1 Å². The van der Waals surface area contributed by atoms with Crippen molar-refractivity contribution in [3.63, 3.8) is 0 Å². The molecule has 1 aromatic heterocycles. The Kier molecular flexibility index (Phi) is 5.70. The van der Waals surface area contributed by atoms with E-state index in [4.69, 9.17) is 4.74 Å². The third kappa shape index (κ3) is 5.64. The molecule has 0 saturated carbocycles. The van der Waals surface area contributed by atoms with E-state index >= 15 is 0 Å². The van der Waals surface area contributed by atoms with Crippen LogP contribution in [0, 0.1) is 0 Å². The van der Waals surface area contributed by atoms with E-state index in [-0.39, 0.29) is 18.3 Å². The number of hydrogen-bond donors (Lipinski definition) is 1. The molecule has 7 nitrogen and oxygen atoms in total. The maximum absolute atomic E-state index is 11.4. The van der Waals surface area contributed by atoms with Gasteiger partial charge in [-0.15, -0.1) is 0 Å². The van der Waals surface area contributed by atoms with E-state index in [1.54, 1.807) is 17.9 Å². The van der Waals surface area contributed by atoms with Crippen LogP contribution in [-0.4, -0.2) is 39.8 Å². The van der Waals surface area contributed by atoms with Crippen LogP contribution in [0.1, 0.15) is 19.8 Å². The van der Waals surface area contributed by atoms with Crippen LogP contribution >= 0.6 is 0 Å². The topological polar surface area (TPSA) is 86.1 Å². The third-order valence-corrected chi connectivity index (χ3v) is 1.99. The monoisotopic (exact) mass is 240 g/mol. The Morgan fingerprint density at radius 1 is 1.41 bits per heavy atom. The molecule has 0 unspecified atom stereocenters. The quantitative estimate of drug-likeness (QED) is 0.663. The molecule has 1 rings (SSSR count). The van der Waals surface area contributed by atoms with Gasteiger partial charge >= 0.3 is 5.97 Å². The Morgan fingerprint density at radius 3 is 2.88 bits per heavy atom. The molecular formula is C10H16N4O3. The van der Waals surface area contributed by atoms with Crippen molar-refractivity contribution < 1.29 is 14.3 Å². The van der Waals surface area contributed by atoms with E-state index in [1.165, 1.54) is 6.33 Å². The number of esters is 1. The molecule has 0 aliphatic carbocycles. The Bertz CT molecular complexity index is 350. The molecule has 1 aromatic rings. The van der Waals surface area contributed by atoms with Crippen molar-refractivity contribution in [1.82, 2.24) is 20.1 Å². The van der Waals surface area contributed by atoms with Crippen molar-refractivity contribution in [3.05, 3.63) is 12.7 Å². The molecule has 0 fully saturated rings. The van der Waals surface area contributed by atoms with Gasteiger partial charge in [0.25, 0.3) is 0 Å². The maximum atomic E-state index is 11.4. The van der Waals surface area contributed by atoms with E-state index in [9.17, 15) is 9.59 Å². The maximum Gasteiger partial charge on any atom is 0.307 e. The fourth-order valence-corrected chi connectivity index (χ4v) is 1.19. The molecule has 1 heterocycles. The van der Waals surface area contributed by atoms with Gasteiger partial charge in [-0.25, -0.2) is 4.98 Å². The van der Waals surface area contributed by atoms with Crippen LogP contribution in [-0.2, 0) is 20.9 Å². The summed E-state index contributed by atoms with van der Waals surface area (Å²) in [5, 5.41) is 6.51. The lowest BCUT2D eigenvalue weighted by molar-refractivity contribution is -0.143. The van der Waals surface area contributed by atoms with E-state index in [1.807, 2.05) is 0 Å². The Hall–Kier alpha value is -1.92. The minimum atomic E-state index is -0.302.